The van der Waals surface area contributed by atoms with Crippen molar-refractivity contribution in [3.63, 3.8) is 0 Å². The van der Waals surface area contributed by atoms with E-state index in [1.165, 1.54) is 128 Å². The molecule has 0 amide bonds. The highest BCUT2D eigenvalue weighted by Crippen LogP contribution is 2.18. The standard InChI is InChI=1S/C36H68O3/c1-3-5-7-9-11-13-15-17-19-21-23-25-27-29-31-33-35(37)34(36(38)39)32-30-28-26-24-22-20-18-16-14-12-10-8-6-4-2/h18,20,34H,3-17,19,21-33H2,1-2H3,(H,38,39)/b20-18-. The Kier molecular flexibility index (Phi) is 30.5. The molecule has 3 nitrogen and oxygen atoms in total. The Morgan fingerprint density at radius 1 is 0.487 bits per heavy atom. The molecule has 0 spiro atoms. The minimum Gasteiger partial charge on any atom is -0.481 e. The number of carbonyl (C=O) groups excluding carboxylic acids is 1. The number of hydrogen-bond donors (Lipinski definition) is 1. The van der Waals surface area contributed by atoms with Gasteiger partial charge in [-0.15, -0.1) is 0 Å². The van der Waals surface area contributed by atoms with E-state index in [1.807, 2.05) is 0 Å². The molecule has 1 unspecified atom stereocenters. The van der Waals surface area contributed by atoms with Crippen LogP contribution in [0.15, 0.2) is 12.2 Å². The zero-order valence-corrected chi connectivity index (χ0v) is 26.5. The number of carboxylic acid groups (broad SMARTS) is 1. The number of hydrogen-bond acceptors (Lipinski definition) is 2. The lowest BCUT2D eigenvalue weighted by atomic mass is 9.93. The predicted molar refractivity (Wildman–Crippen MR) is 171 cm³/mol. The molecule has 0 aromatic rings. The molecule has 230 valence electrons. The summed E-state index contributed by atoms with van der Waals surface area (Å²) in [4.78, 5) is 24.1. The first-order valence-corrected chi connectivity index (χ1v) is 17.5. The van der Waals surface area contributed by atoms with E-state index in [2.05, 4.69) is 26.0 Å². The Balaban J connectivity index is 3.59. The zero-order chi connectivity index (χ0) is 28.7. The van der Waals surface area contributed by atoms with Crippen molar-refractivity contribution >= 4 is 11.8 Å². The van der Waals surface area contributed by atoms with Crippen LogP contribution in [-0.4, -0.2) is 16.9 Å². The maximum absolute atomic E-state index is 12.5. The topological polar surface area (TPSA) is 54.4 Å². The summed E-state index contributed by atoms with van der Waals surface area (Å²) < 4.78 is 0. The van der Waals surface area contributed by atoms with Gasteiger partial charge in [-0.3, -0.25) is 9.59 Å². The average Bonchev–Trinajstić information content (AvgIpc) is 2.92. The van der Waals surface area contributed by atoms with Gasteiger partial charge in [0, 0.05) is 6.42 Å². The Morgan fingerprint density at radius 3 is 1.21 bits per heavy atom. The van der Waals surface area contributed by atoms with E-state index in [1.54, 1.807) is 0 Å². The maximum Gasteiger partial charge on any atom is 0.314 e. The molecule has 0 radical (unpaired) electrons. The Hall–Kier alpha value is -1.12. The molecule has 0 aliphatic heterocycles. The molecule has 0 bridgehead atoms. The number of carboxylic acids is 1. The summed E-state index contributed by atoms with van der Waals surface area (Å²) in [6, 6.07) is 0. The molecule has 0 aliphatic carbocycles. The number of unbranched alkanes of at least 4 members (excludes halogenated alkanes) is 24. The Morgan fingerprint density at radius 2 is 0.821 bits per heavy atom. The molecule has 0 saturated carbocycles. The third-order valence-electron chi connectivity index (χ3n) is 8.22. The van der Waals surface area contributed by atoms with Crippen LogP contribution in [0.4, 0.5) is 0 Å². The number of ketones is 1. The third kappa shape index (κ3) is 28.2. The fraction of sp³-hybridized carbons (Fsp3) is 0.889. The molecule has 0 aliphatic rings. The van der Waals surface area contributed by atoms with Crippen molar-refractivity contribution in [2.24, 2.45) is 5.92 Å². The van der Waals surface area contributed by atoms with Gasteiger partial charge in [-0.2, -0.15) is 0 Å². The minimum atomic E-state index is -0.918. The van der Waals surface area contributed by atoms with Crippen molar-refractivity contribution in [3.05, 3.63) is 12.2 Å². The summed E-state index contributed by atoms with van der Waals surface area (Å²) in [7, 11) is 0. The van der Waals surface area contributed by atoms with Gasteiger partial charge in [0.2, 0.25) is 0 Å². The summed E-state index contributed by atoms with van der Waals surface area (Å²) in [6.45, 7) is 4.53. The lowest BCUT2D eigenvalue weighted by molar-refractivity contribution is -0.146. The van der Waals surface area contributed by atoms with Crippen molar-refractivity contribution in [2.45, 2.75) is 200 Å². The quantitative estimate of drug-likeness (QED) is 0.0516. The van der Waals surface area contributed by atoms with Gasteiger partial charge in [-0.1, -0.05) is 167 Å². The van der Waals surface area contributed by atoms with Crippen LogP contribution in [0.25, 0.3) is 0 Å². The van der Waals surface area contributed by atoms with E-state index < -0.39 is 11.9 Å². The van der Waals surface area contributed by atoms with Crippen molar-refractivity contribution in [1.29, 1.82) is 0 Å². The normalized spacial score (nSPS) is 12.4. The minimum absolute atomic E-state index is 0.0465. The van der Waals surface area contributed by atoms with E-state index >= 15 is 0 Å². The van der Waals surface area contributed by atoms with E-state index in [0.717, 1.165) is 44.9 Å². The van der Waals surface area contributed by atoms with Gasteiger partial charge >= 0.3 is 5.97 Å². The number of allylic oxidation sites excluding steroid dienone is 2. The summed E-state index contributed by atoms with van der Waals surface area (Å²) in [6.07, 6.45) is 39.7. The first-order valence-electron chi connectivity index (χ1n) is 17.5. The second-order valence-electron chi connectivity index (χ2n) is 12.1. The molecule has 39 heavy (non-hydrogen) atoms. The third-order valence-corrected chi connectivity index (χ3v) is 8.22. The van der Waals surface area contributed by atoms with E-state index in [-0.39, 0.29) is 5.78 Å². The highest BCUT2D eigenvalue weighted by molar-refractivity contribution is 5.98. The van der Waals surface area contributed by atoms with Crippen LogP contribution in [-0.2, 0) is 9.59 Å². The molecule has 0 fully saturated rings. The molecule has 0 aromatic heterocycles. The van der Waals surface area contributed by atoms with Crippen LogP contribution in [0, 0.1) is 5.92 Å². The van der Waals surface area contributed by atoms with Crippen molar-refractivity contribution in [1.82, 2.24) is 0 Å². The number of Topliss-reactive ketones (excluding diaryl/α,β-unsaturated/α-hetero) is 1. The smallest absolute Gasteiger partial charge is 0.314 e. The van der Waals surface area contributed by atoms with E-state index in [4.69, 9.17) is 0 Å². The van der Waals surface area contributed by atoms with Gasteiger partial charge in [-0.05, 0) is 38.5 Å². The van der Waals surface area contributed by atoms with Gasteiger partial charge in [-0.25, -0.2) is 0 Å². The predicted octanol–water partition coefficient (Wildman–Crippen LogP) is 12.2. The van der Waals surface area contributed by atoms with Crippen LogP contribution >= 0.6 is 0 Å². The van der Waals surface area contributed by atoms with Crippen LogP contribution < -0.4 is 0 Å². The van der Waals surface area contributed by atoms with Crippen LogP contribution in [0.3, 0.4) is 0 Å². The summed E-state index contributed by atoms with van der Waals surface area (Å²) in [5.74, 6) is -1.75. The molecule has 0 saturated heterocycles. The van der Waals surface area contributed by atoms with E-state index in [9.17, 15) is 14.7 Å². The molecule has 1 atom stereocenters. The van der Waals surface area contributed by atoms with Gasteiger partial charge in [0.1, 0.15) is 11.7 Å². The highest BCUT2D eigenvalue weighted by atomic mass is 16.4. The maximum atomic E-state index is 12.5. The monoisotopic (exact) mass is 549 g/mol. The molecule has 3 heteroatoms. The highest BCUT2D eigenvalue weighted by Gasteiger charge is 2.24. The first kappa shape index (κ1) is 37.9. The fourth-order valence-corrected chi connectivity index (χ4v) is 5.51. The SMILES string of the molecule is CCCCCCCC/C=C\CCCCCCC(C(=O)O)C(=O)CCCCCCCCCCCCCCCCC. The number of aliphatic carboxylic acids is 1. The van der Waals surface area contributed by atoms with Gasteiger partial charge in [0.15, 0.2) is 0 Å². The second kappa shape index (κ2) is 31.4. The number of rotatable bonds is 32. The van der Waals surface area contributed by atoms with Gasteiger partial charge in [0.25, 0.3) is 0 Å². The van der Waals surface area contributed by atoms with Crippen LogP contribution in [0.5, 0.6) is 0 Å². The van der Waals surface area contributed by atoms with Crippen molar-refractivity contribution < 1.29 is 14.7 Å². The first-order chi connectivity index (χ1) is 19.1. The summed E-state index contributed by atoms with van der Waals surface area (Å²) in [5.41, 5.74) is 0. The summed E-state index contributed by atoms with van der Waals surface area (Å²) >= 11 is 0. The fourth-order valence-electron chi connectivity index (χ4n) is 5.51. The molecular weight excluding hydrogens is 480 g/mol. The molecular formula is C36H68O3. The number of carbonyl (C=O) groups is 2. The Labute approximate surface area is 244 Å². The van der Waals surface area contributed by atoms with Crippen molar-refractivity contribution in [3.8, 4) is 0 Å². The zero-order valence-electron chi connectivity index (χ0n) is 26.5. The molecule has 0 rings (SSSR count). The Bertz CT molecular complexity index is 554. The average molecular weight is 549 g/mol. The van der Waals surface area contributed by atoms with Gasteiger partial charge < -0.3 is 5.11 Å². The molecule has 0 aromatic carbocycles. The largest absolute Gasteiger partial charge is 0.481 e. The van der Waals surface area contributed by atoms with Gasteiger partial charge in [0.05, 0.1) is 0 Å². The lowest BCUT2D eigenvalue weighted by Crippen LogP contribution is -2.23. The summed E-state index contributed by atoms with van der Waals surface area (Å²) in [5, 5.41) is 9.54. The second-order valence-corrected chi connectivity index (χ2v) is 12.1. The molecule has 0 heterocycles. The van der Waals surface area contributed by atoms with Crippen molar-refractivity contribution in [2.75, 3.05) is 0 Å². The van der Waals surface area contributed by atoms with E-state index in [0.29, 0.717) is 12.8 Å². The van der Waals surface area contributed by atoms with Crippen LogP contribution in [0.2, 0.25) is 0 Å². The lowest BCUT2D eigenvalue weighted by Gasteiger charge is -2.11. The van der Waals surface area contributed by atoms with Crippen LogP contribution in [0.1, 0.15) is 200 Å². The molecule has 1 N–H and O–H groups in total.